The van der Waals surface area contributed by atoms with Gasteiger partial charge in [0.05, 0.1) is 14.2 Å². The molecule has 0 bridgehead atoms. The largest absolute Gasteiger partial charge is 0.496 e. The highest BCUT2D eigenvalue weighted by molar-refractivity contribution is 5.98. The first-order valence-corrected chi connectivity index (χ1v) is 7.82. The maximum absolute atomic E-state index is 12.3. The minimum Gasteiger partial charge on any atom is -0.496 e. The van der Waals surface area contributed by atoms with Gasteiger partial charge in [-0.25, -0.2) is 9.59 Å². The average molecular weight is 318 g/mol. The van der Waals surface area contributed by atoms with Gasteiger partial charge >= 0.3 is 11.6 Å². The summed E-state index contributed by atoms with van der Waals surface area (Å²) in [5.74, 6) is -0.112. The number of esters is 1. The summed E-state index contributed by atoms with van der Waals surface area (Å²) in [5.41, 5.74) is 2.00. The second kappa shape index (κ2) is 7.31. The SMILES string of the molecule is CCCc1c(CCC)c2cc(OC)c(C(=O)OC)cc2oc1=O. The van der Waals surface area contributed by atoms with Crippen LogP contribution in [-0.4, -0.2) is 20.2 Å². The fourth-order valence-corrected chi connectivity index (χ4v) is 2.80. The van der Waals surface area contributed by atoms with E-state index in [4.69, 9.17) is 13.9 Å². The van der Waals surface area contributed by atoms with Crippen LogP contribution < -0.4 is 10.4 Å². The topological polar surface area (TPSA) is 65.7 Å². The fraction of sp³-hybridized carbons (Fsp3) is 0.444. The Hall–Kier alpha value is -2.30. The van der Waals surface area contributed by atoms with Crippen LogP contribution >= 0.6 is 0 Å². The summed E-state index contributed by atoms with van der Waals surface area (Å²) in [4.78, 5) is 24.2. The van der Waals surface area contributed by atoms with Crippen molar-refractivity contribution in [3.05, 3.63) is 39.2 Å². The van der Waals surface area contributed by atoms with Gasteiger partial charge in [-0.3, -0.25) is 0 Å². The maximum atomic E-state index is 12.3. The van der Waals surface area contributed by atoms with Crippen LogP contribution in [-0.2, 0) is 17.6 Å². The summed E-state index contributed by atoms with van der Waals surface area (Å²) < 4.78 is 15.5. The quantitative estimate of drug-likeness (QED) is 0.602. The number of rotatable bonds is 6. The summed E-state index contributed by atoms with van der Waals surface area (Å²) in [6, 6.07) is 3.28. The molecular weight excluding hydrogens is 296 g/mol. The van der Waals surface area contributed by atoms with E-state index in [9.17, 15) is 9.59 Å². The molecule has 0 aliphatic carbocycles. The second-order valence-corrected chi connectivity index (χ2v) is 5.39. The van der Waals surface area contributed by atoms with Crippen molar-refractivity contribution >= 4 is 16.9 Å². The molecule has 0 amide bonds. The molecule has 0 radical (unpaired) electrons. The summed E-state index contributed by atoms with van der Waals surface area (Å²) >= 11 is 0. The van der Waals surface area contributed by atoms with E-state index in [2.05, 4.69) is 6.92 Å². The van der Waals surface area contributed by atoms with Crippen molar-refractivity contribution in [3.8, 4) is 5.75 Å². The molecule has 0 saturated carbocycles. The van der Waals surface area contributed by atoms with E-state index >= 15 is 0 Å². The van der Waals surface area contributed by atoms with E-state index in [1.54, 1.807) is 6.07 Å². The van der Waals surface area contributed by atoms with Crippen LogP contribution in [0.3, 0.4) is 0 Å². The van der Waals surface area contributed by atoms with Crippen LogP contribution in [0, 0.1) is 0 Å². The summed E-state index contributed by atoms with van der Waals surface area (Å²) in [7, 11) is 2.80. The van der Waals surface area contributed by atoms with Crippen molar-refractivity contribution in [2.45, 2.75) is 39.5 Å². The number of carbonyl (C=O) groups excluding carboxylic acids is 1. The highest BCUT2D eigenvalue weighted by atomic mass is 16.5. The minimum absolute atomic E-state index is 0.247. The number of fused-ring (bicyclic) bond motifs is 1. The van der Waals surface area contributed by atoms with E-state index in [1.165, 1.54) is 20.3 Å². The lowest BCUT2D eigenvalue weighted by molar-refractivity contribution is 0.0597. The first-order chi connectivity index (χ1) is 11.1. The minimum atomic E-state index is -0.527. The molecular formula is C18H22O5. The molecule has 1 heterocycles. The summed E-state index contributed by atoms with van der Waals surface area (Å²) in [6.07, 6.45) is 3.23. The van der Waals surface area contributed by atoms with Gasteiger partial charge in [0.1, 0.15) is 16.9 Å². The third kappa shape index (κ3) is 3.23. The highest BCUT2D eigenvalue weighted by Gasteiger charge is 2.19. The smallest absolute Gasteiger partial charge is 0.341 e. The van der Waals surface area contributed by atoms with Gasteiger partial charge in [0.2, 0.25) is 0 Å². The monoisotopic (exact) mass is 318 g/mol. The maximum Gasteiger partial charge on any atom is 0.341 e. The molecule has 0 unspecified atom stereocenters. The predicted octanol–water partition coefficient (Wildman–Crippen LogP) is 3.49. The Bertz CT molecular complexity index is 773. The van der Waals surface area contributed by atoms with Gasteiger partial charge in [0, 0.05) is 10.9 Å². The van der Waals surface area contributed by atoms with Crippen molar-refractivity contribution in [3.63, 3.8) is 0 Å². The molecule has 124 valence electrons. The van der Waals surface area contributed by atoms with Crippen molar-refractivity contribution in [1.29, 1.82) is 0 Å². The normalized spacial score (nSPS) is 10.8. The molecule has 2 rings (SSSR count). The number of methoxy groups -OCH3 is 2. The number of benzene rings is 1. The van der Waals surface area contributed by atoms with Gasteiger partial charge in [0.25, 0.3) is 0 Å². The molecule has 0 N–H and O–H groups in total. The molecule has 0 aliphatic rings. The lowest BCUT2D eigenvalue weighted by Gasteiger charge is -2.13. The van der Waals surface area contributed by atoms with Gasteiger partial charge in [0.15, 0.2) is 0 Å². The number of ether oxygens (including phenoxy) is 2. The molecule has 0 fully saturated rings. The summed E-state index contributed by atoms with van der Waals surface area (Å²) in [5, 5.41) is 0.819. The zero-order valence-electron chi connectivity index (χ0n) is 14.0. The van der Waals surface area contributed by atoms with Crippen LogP contribution in [0.1, 0.15) is 48.2 Å². The molecule has 0 spiro atoms. The Morgan fingerprint density at radius 2 is 1.74 bits per heavy atom. The number of carbonyl (C=O) groups is 1. The van der Waals surface area contributed by atoms with Gasteiger partial charge in [-0.1, -0.05) is 26.7 Å². The first kappa shape index (κ1) is 17.1. The Morgan fingerprint density at radius 1 is 1.09 bits per heavy atom. The van der Waals surface area contributed by atoms with Crippen LogP contribution in [0.4, 0.5) is 0 Å². The molecule has 5 heteroatoms. The molecule has 2 aromatic rings. The van der Waals surface area contributed by atoms with E-state index in [0.717, 1.165) is 35.8 Å². The lowest BCUT2D eigenvalue weighted by atomic mass is 9.96. The zero-order chi connectivity index (χ0) is 17.0. The Morgan fingerprint density at radius 3 is 2.30 bits per heavy atom. The van der Waals surface area contributed by atoms with Crippen molar-refractivity contribution < 1.29 is 18.7 Å². The fourth-order valence-electron chi connectivity index (χ4n) is 2.80. The zero-order valence-corrected chi connectivity index (χ0v) is 14.0. The molecule has 23 heavy (non-hydrogen) atoms. The molecule has 0 aliphatic heterocycles. The van der Waals surface area contributed by atoms with E-state index in [-0.39, 0.29) is 11.2 Å². The number of hydrogen-bond donors (Lipinski definition) is 0. The third-order valence-corrected chi connectivity index (χ3v) is 3.85. The Labute approximate surface area is 135 Å². The van der Waals surface area contributed by atoms with Crippen LogP contribution in [0.25, 0.3) is 11.0 Å². The third-order valence-electron chi connectivity index (χ3n) is 3.85. The number of aryl methyl sites for hydroxylation is 1. The average Bonchev–Trinajstić information content (AvgIpc) is 2.56. The van der Waals surface area contributed by atoms with Crippen molar-refractivity contribution in [1.82, 2.24) is 0 Å². The molecule has 1 aromatic heterocycles. The van der Waals surface area contributed by atoms with Crippen molar-refractivity contribution in [2.24, 2.45) is 0 Å². The van der Waals surface area contributed by atoms with E-state index in [1.807, 2.05) is 6.92 Å². The van der Waals surface area contributed by atoms with Gasteiger partial charge in [-0.15, -0.1) is 0 Å². The van der Waals surface area contributed by atoms with Crippen molar-refractivity contribution in [2.75, 3.05) is 14.2 Å². The molecule has 1 aromatic carbocycles. The van der Waals surface area contributed by atoms with Crippen LogP contribution in [0.5, 0.6) is 5.75 Å². The number of hydrogen-bond acceptors (Lipinski definition) is 5. The van der Waals surface area contributed by atoms with E-state index < -0.39 is 5.97 Å². The lowest BCUT2D eigenvalue weighted by Crippen LogP contribution is -2.13. The van der Waals surface area contributed by atoms with Gasteiger partial charge < -0.3 is 13.9 Å². The molecule has 0 atom stereocenters. The molecule has 0 saturated heterocycles. The van der Waals surface area contributed by atoms with Gasteiger partial charge in [-0.05, 0) is 30.5 Å². The Kier molecular flexibility index (Phi) is 5.42. The first-order valence-electron chi connectivity index (χ1n) is 7.82. The standard InChI is InChI=1S/C18H22O5/c1-5-7-11-12(8-6-2)18(20)23-16-10-14(17(19)22-4)15(21-3)9-13(11)16/h9-10H,5-8H2,1-4H3. The summed E-state index contributed by atoms with van der Waals surface area (Å²) in [6.45, 7) is 4.09. The van der Waals surface area contributed by atoms with Gasteiger partial charge in [-0.2, -0.15) is 0 Å². The van der Waals surface area contributed by atoms with E-state index in [0.29, 0.717) is 17.8 Å². The van der Waals surface area contributed by atoms with Crippen LogP contribution in [0.2, 0.25) is 0 Å². The Balaban J connectivity index is 2.82. The van der Waals surface area contributed by atoms with Crippen LogP contribution in [0.15, 0.2) is 21.3 Å². The highest BCUT2D eigenvalue weighted by Crippen LogP contribution is 2.30. The molecule has 5 nitrogen and oxygen atoms in total. The second-order valence-electron chi connectivity index (χ2n) is 5.39. The predicted molar refractivity (Wildman–Crippen MR) is 88.4 cm³/mol.